The van der Waals surface area contributed by atoms with E-state index in [2.05, 4.69) is 20.7 Å². The number of nitrogens with zero attached hydrogens (tertiary/aromatic N) is 4. The van der Waals surface area contributed by atoms with Gasteiger partial charge in [0.25, 0.3) is 0 Å². The first kappa shape index (κ1) is 19.6. The zero-order valence-corrected chi connectivity index (χ0v) is 16.9. The Kier molecular flexibility index (Phi) is 6.10. The third kappa shape index (κ3) is 4.58. The van der Waals surface area contributed by atoms with E-state index in [4.69, 9.17) is 4.74 Å². The van der Waals surface area contributed by atoms with Gasteiger partial charge < -0.3 is 9.30 Å². The van der Waals surface area contributed by atoms with Crippen LogP contribution in [-0.4, -0.2) is 32.7 Å². The third-order valence-electron chi connectivity index (χ3n) is 3.98. The molecule has 0 aliphatic heterocycles. The van der Waals surface area contributed by atoms with Gasteiger partial charge in [-0.15, -0.1) is 10.2 Å². The van der Waals surface area contributed by atoms with Crippen molar-refractivity contribution in [3.63, 3.8) is 0 Å². The lowest BCUT2D eigenvalue weighted by Gasteiger charge is -2.06. The zero-order valence-electron chi connectivity index (χ0n) is 16.1. The number of hydrazone groups is 1. The summed E-state index contributed by atoms with van der Waals surface area (Å²) in [6, 6.07) is 15.3. The van der Waals surface area contributed by atoms with Crippen LogP contribution >= 0.6 is 11.8 Å². The van der Waals surface area contributed by atoms with Crippen LogP contribution in [0.15, 0.2) is 58.8 Å². The van der Waals surface area contributed by atoms with E-state index in [1.165, 1.54) is 18.7 Å². The van der Waals surface area contributed by atoms with E-state index in [1.54, 1.807) is 7.11 Å². The number of thioether (sulfide) groups is 1. The van der Waals surface area contributed by atoms with E-state index in [0.717, 1.165) is 22.6 Å². The predicted molar refractivity (Wildman–Crippen MR) is 112 cm³/mol. The van der Waals surface area contributed by atoms with E-state index in [1.807, 2.05) is 67.1 Å². The minimum atomic E-state index is -0.154. The number of aryl methyl sites for hydroxylation is 1. The Hall–Kier alpha value is -3.13. The Labute approximate surface area is 167 Å². The number of ether oxygens (including phenoxy) is 1. The molecule has 0 amide bonds. The number of hydrogen-bond donors (Lipinski definition) is 1. The summed E-state index contributed by atoms with van der Waals surface area (Å²) >= 11 is 1.17. The number of hydrogen-bond acceptors (Lipinski definition) is 7. The molecule has 1 N–H and O–H groups in total. The van der Waals surface area contributed by atoms with Crippen LogP contribution in [0.3, 0.4) is 0 Å². The lowest BCUT2D eigenvalue weighted by atomic mass is 10.2. The Morgan fingerprint density at radius 1 is 1.18 bits per heavy atom. The molecule has 7 nitrogen and oxygen atoms in total. The number of aromatic nitrogens is 3. The van der Waals surface area contributed by atoms with Crippen molar-refractivity contribution in [1.82, 2.24) is 14.8 Å². The molecule has 144 valence electrons. The summed E-state index contributed by atoms with van der Waals surface area (Å²) < 4.78 is 7.01. The van der Waals surface area contributed by atoms with E-state index < -0.39 is 0 Å². The maximum atomic E-state index is 12.0. The normalized spacial score (nSPS) is 11.4. The lowest BCUT2D eigenvalue weighted by Crippen LogP contribution is -2.09. The summed E-state index contributed by atoms with van der Waals surface area (Å²) in [5.74, 6) is 1.31. The Bertz CT molecular complexity index is 1010. The molecule has 1 heterocycles. The maximum Gasteiger partial charge on any atom is 0.197 e. The summed E-state index contributed by atoms with van der Waals surface area (Å²) in [5, 5.41) is 13.6. The van der Waals surface area contributed by atoms with Crippen molar-refractivity contribution < 1.29 is 9.53 Å². The molecule has 0 saturated carbocycles. The molecular formula is C20H21N5O2S. The van der Waals surface area contributed by atoms with Crippen LogP contribution in [0, 0.1) is 6.92 Å². The molecule has 0 atom stereocenters. The van der Waals surface area contributed by atoms with Gasteiger partial charge in [0.15, 0.2) is 21.8 Å². The third-order valence-corrected chi connectivity index (χ3v) is 5.09. The molecule has 8 heteroatoms. The fourth-order valence-corrected chi connectivity index (χ4v) is 3.20. The Morgan fingerprint density at radius 2 is 1.93 bits per heavy atom. The number of carbonyl (C=O) groups excluding carboxylic acids is 1. The predicted octanol–water partition coefficient (Wildman–Crippen LogP) is 3.91. The number of Topliss-reactive ketones (excluding diaryl/α,β-unsaturated/α-hetero) is 1. The quantitative estimate of drug-likeness (QED) is 0.295. The number of carbonyl (C=O) groups is 1. The largest absolute Gasteiger partial charge is 0.497 e. The van der Waals surface area contributed by atoms with Gasteiger partial charge in [0, 0.05) is 19.5 Å². The van der Waals surface area contributed by atoms with Gasteiger partial charge in [0.2, 0.25) is 0 Å². The second-order valence-electron chi connectivity index (χ2n) is 6.15. The molecule has 1 aromatic heterocycles. The summed E-state index contributed by atoms with van der Waals surface area (Å²) in [6.07, 6.45) is 0. The molecule has 0 unspecified atom stereocenters. The second-order valence-corrected chi connectivity index (χ2v) is 7.11. The van der Waals surface area contributed by atoms with Gasteiger partial charge in [-0.2, -0.15) is 5.10 Å². The van der Waals surface area contributed by atoms with Crippen LogP contribution in [0.4, 0.5) is 5.69 Å². The molecule has 28 heavy (non-hydrogen) atoms. The summed E-state index contributed by atoms with van der Waals surface area (Å²) in [6.45, 7) is 3.47. The highest BCUT2D eigenvalue weighted by molar-refractivity contribution is 8.15. The van der Waals surface area contributed by atoms with Crippen molar-refractivity contribution in [1.29, 1.82) is 0 Å². The van der Waals surface area contributed by atoms with Gasteiger partial charge in [0.1, 0.15) is 5.75 Å². The van der Waals surface area contributed by atoms with Crippen molar-refractivity contribution in [3.05, 3.63) is 54.1 Å². The van der Waals surface area contributed by atoms with Crippen molar-refractivity contribution in [2.24, 2.45) is 12.1 Å². The standard InChI is InChI=1S/C20H21N5O2S/c1-13-6-5-7-16(12-13)21-23-19(14(2)26)28-20-24-22-18(25(20)3)15-8-10-17(27-4)11-9-15/h5-12,21H,1-4H3/b23-19-. The fraction of sp³-hybridized carbons (Fsp3) is 0.200. The molecule has 0 radical (unpaired) electrons. The molecule has 0 aliphatic rings. The molecule has 0 aliphatic carbocycles. The molecular weight excluding hydrogens is 374 g/mol. The molecule has 3 aromatic rings. The van der Waals surface area contributed by atoms with Gasteiger partial charge in [-0.05, 0) is 60.6 Å². The van der Waals surface area contributed by atoms with Crippen LogP contribution in [-0.2, 0) is 11.8 Å². The first-order valence-electron chi connectivity index (χ1n) is 8.61. The minimum Gasteiger partial charge on any atom is -0.497 e. The maximum absolute atomic E-state index is 12.0. The second kappa shape index (κ2) is 8.71. The lowest BCUT2D eigenvalue weighted by molar-refractivity contribution is -0.110. The van der Waals surface area contributed by atoms with Crippen LogP contribution in [0.1, 0.15) is 12.5 Å². The first-order chi connectivity index (χ1) is 13.5. The van der Waals surface area contributed by atoms with Crippen LogP contribution in [0.2, 0.25) is 0 Å². The number of methoxy groups -OCH3 is 1. The Balaban J connectivity index is 1.81. The highest BCUT2D eigenvalue weighted by Gasteiger charge is 2.16. The van der Waals surface area contributed by atoms with Crippen LogP contribution < -0.4 is 10.2 Å². The number of nitrogens with one attached hydrogen (secondary N) is 1. The number of anilines is 1. The van der Waals surface area contributed by atoms with Gasteiger partial charge in [-0.3, -0.25) is 10.2 Å². The monoisotopic (exact) mass is 395 g/mol. The smallest absolute Gasteiger partial charge is 0.197 e. The van der Waals surface area contributed by atoms with Crippen molar-refractivity contribution in [2.75, 3.05) is 12.5 Å². The average Bonchev–Trinajstić information content (AvgIpc) is 3.05. The van der Waals surface area contributed by atoms with Gasteiger partial charge in [-0.1, -0.05) is 12.1 Å². The molecule has 3 rings (SSSR count). The minimum absolute atomic E-state index is 0.154. The molecule has 0 spiro atoms. The number of benzene rings is 2. The highest BCUT2D eigenvalue weighted by atomic mass is 32.2. The SMILES string of the molecule is COc1ccc(-c2nnc(S/C(=N\Nc3cccc(C)c3)C(C)=O)n2C)cc1. The van der Waals surface area contributed by atoms with Gasteiger partial charge in [-0.25, -0.2) is 0 Å². The van der Waals surface area contributed by atoms with E-state index in [0.29, 0.717) is 16.0 Å². The van der Waals surface area contributed by atoms with Crippen LogP contribution in [0.25, 0.3) is 11.4 Å². The molecule has 2 aromatic carbocycles. The summed E-state index contributed by atoms with van der Waals surface area (Å²) in [4.78, 5) is 12.0. The van der Waals surface area contributed by atoms with E-state index in [9.17, 15) is 4.79 Å². The van der Waals surface area contributed by atoms with E-state index in [-0.39, 0.29) is 5.78 Å². The molecule has 0 saturated heterocycles. The average molecular weight is 395 g/mol. The van der Waals surface area contributed by atoms with E-state index >= 15 is 0 Å². The molecule has 0 fully saturated rings. The van der Waals surface area contributed by atoms with Crippen molar-refractivity contribution in [2.45, 2.75) is 19.0 Å². The number of ketones is 1. The molecule has 0 bridgehead atoms. The van der Waals surface area contributed by atoms with Crippen LogP contribution in [0.5, 0.6) is 5.75 Å². The zero-order chi connectivity index (χ0) is 20.1. The van der Waals surface area contributed by atoms with Crippen molar-refractivity contribution >= 4 is 28.3 Å². The summed E-state index contributed by atoms with van der Waals surface area (Å²) in [5.41, 5.74) is 5.76. The Morgan fingerprint density at radius 3 is 2.57 bits per heavy atom. The fourth-order valence-electron chi connectivity index (χ4n) is 2.49. The van der Waals surface area contributed by atoms with Gasteiger partial charge in [0.05, 0.1) is 12.8 Å². The van der Waals surface area contributed by atoms with Crippen molar-refractivity contribution in [3.8, 4) is 17.1 Å². The summed E-state index contributed by atoms with van der Waals surface area (Å²) in [7, 11) is 3.48. The highest BCUT2D eigenvalue weighted by Crippen LogP contribution is 2.25. The first-order valence-corrected chi connectivity index (χ1v) is 9.42. The van der Waals surface area contributed by atoms with Gasteiger partial charge >= 0.3 is 0 Å². The topological polar surface area (TPSA) is 81.4 Å². The number of rotatable bonds is 6.